The first-order valence-corrected chi connectivity index (χ1v) is 6.62. The van der Waals surface area contributed by atoms with E-state index in [2.05, 4.69) is 0 Å². The molecule has 2 aromatic rings. The molecule has 1 aliphatic heterocycles. The lowest BCUT2D eigenvalue weighted by atomic mass is 9.98. The summed E-state index contributed by atoms with van der Waals surface area (Å²) in [6.45, 7) is 1.18. The highest BCUT2D eigenvalue weighted by molar-refractivity contribution is 5.71. The van der Waals surface area contributed by atoms with Crippen LogP contribution in [0.1, 0.15) is 11.1 Å². The maximum atomic E-state index is 12.1. The summed E-state index contributed by atoms with van der Waals surface area (Å²) in [5, 5.41) is 0. The molecule has 0 spiro atoms. The zero-order chi connectivity index (χ0) is 13.9. The van der Waals surface area contributed by atoms with E-state index >= 15 is 0 Å². The number of ether oxygens (including phenoxy) is 1. The number of hydrogen-bond donors (Lipinski definition) is 1. The first-order chi connectivity index (χ1) is 9.74. The second-order valence-corrected chi connectivity index (χ2v) is 4.84. The maximum absolute atomic E-state index is 12.1. The zero-order valence-electron chi connectivity index (χ0n) is 11.1. The van der Waals surface area contributed by atoms with Crippen LogP contribution < -0.4 is 10.5 Å². The third kappa shape index (κ3) is 2.45. The van der Waals surface area contributed by atoms with Gasteiger partial charge in [0.25, 0.3) is 0 Å². The Morgan fingerprint density at radius 2 is 1.90 bits per heavy atom. The van der Waals surface area contributed by atoms with Gasteiger partial charge in [0.1, 0.15) is 5.75 Å². The van der Waals surface area contributed by atoms with Crippen LogP contribution in [-0.4, -0.2) is 17.5 Å². The molecule has 0 radical (unpaired) electrons. The van der Waals surface area contributed by atoms with Crippen LogP contribution in [0.2, 0.25) is 0 Å². The van der Waals surface area contributed by atoms with Gasteiger partial charge in [0.2, 0.25) is 0 Å². The molecule has 0 fully saturated rings. The molecule has 0 unspecified atom stereocenters. The molecule has 1 heterocycles. The van der Waals surface area contributed by atoms with Gasteiger partial charge in [0.05, 0.1) is 0 Å². The molecule has 3 rings (SSSR count). The Morgan fingerprint density at radius 3 is 2.70 bits per heavy atom. The van der Waals surface area contributed by atoms with Gasteiger partial charge < -0.3 is 15.4 Å². The highest BCUT2D eigenvalue weighted by Crippen LogP contribution is 2.24. The predicted molar refractivity (Wildman–Crippen MR) is 77.4 cm³/mol. The van der Waals surface area contributed by atoms with Crippen LogP contribution in [0.3, 0.4) is 0 Å². The van der Waals surface area contributed by atoms with Crippen LogP contribution in [-0.2, 0) is 13.0 Å². The molecule has 2 aromatic carbocycles. The minimum Gasteiger partial charge on any atom is -0.410 e. The molecular weight excluding hydrogens is 252 g/mol. The van der Waals surface area contributed by atoms with Gasteiger partial charge in [-0.2, -0.15) is 0 Å². The molecule has 0 atom stereocenters. The van der Waals surface area contributed by atoms with Gasteiger partial charge in [0.15, 0.2) is 0 Å². The number of carbonyl (C=O) groups is 1. The third-order valence-electron chi connectivity index (χ3n) is 3.51. The number of fused-ring (bicyclic) bond motifs is 1. The van der Waals surface area contributed by atoms with Crippen LogP contribution in [0, 0.1) is 0 Å². The molecule has 0 aromatic heterocycles. The Bertz CT molecular complexity index is 626. The fourth-order valence-electron chi connectivity index (χ4n) is 2.45. The van der Waals surface area contributed by atoms with Crippen LogP contribution in [0.4, 0.5) is 10.5 Å². The van der Waals surface area contributed by atoms with E-state index in [9.17, 15) is 4.79 Å². The Balaban J connectivity index is 1.72. The van der Waals surface area contributed by atoms with E-state index in [1.807, 2.05) is 36.4 Å². The van der Waals surface area contributed by atoms with Crippen molar-refractivity contribution in [3.8, 4) is 5.75 Å². The second-order valence-electron chi connectivity index (χ2n) is 4.84. The number of benzene rings is 2. The molecule has 0 aliphatic carbocycles. The average Bonchev–Trinajstić information content (AvgIpc) is 2.48. The molecule has 1 aliphatic rings. The third-order valence-corrected chi connectivity index (χ3v) is 3.51. The standard InChI is InChI=1S/C16H16N2O2/c17-15-8-4-5-12-11-18(10-9-14(12)15)16(19)20-13-6-2-1-3-7-13/h1-8H,9-11,17H2. The van der Waals surface area contributed by atoms with Gasteiger partial charge in [-0.3, -0.25) is 0 Å². The average molecular weight is 268 g/mol. The van der Waals surface area contributed by atoms with E-state index in [1.165, 1.54) is 0 Å². The molecule has 0 saturated carbocycles. The normalized spacial score (nSPS) is 13.7. The summed E-state index contributed by atoms with van der Waals surface area (Å²) in [6, 6.07) is 14.9. The van der Waals surface area contributed by atoms with Crippen molar-refractivity contribution in [3.05, 3.63) is 59.7 Å². The fourth-order valence-corrected chi connectivity index (χ4v) is 2.45. The zero-order valence-corrected chi connectivity index (χ0v) is 11.1. The number of hydrogen-bond acceptors (Lipinski definition) is 3. The largest absolute Gasteiger partial charge is 0.415 e. The van der Waals surface area contributed by atoms with Crippen molar-refractivity contribution < 1.29 is 9.53 Å². The maximum Gasteiger partial charge on any atom is 0.415 e. The van der Waals surface area contributed by atoms with Crippen LogP contribution in [0.5, 0.6) is 5.75 Å². The van der Waals surface area contributed by atoms with Crippen molar-refractivity contribution >= 4 is 11.8 Å². The monoisotopic (exact) mass is 268 g/mol. The van der Waals surface area contributed by atoms with E-state index in [1.54, 1.807) is 17.0 Å². The van der Waals surface area contributed by atoms with Gasteiger partial charge in [-0.05, 0) is 35.7 Å². The van der Waals surface area contributed by atoms with Gasteiger partial charge in [-0.15, -0.1) is 0 Å². The van der Waals surface area contributed by atoms with Crippen LogP contribution in [0.25, 0.3) is 0 Å². The number of rotatable bonds is 1. The Labute approximate surface area is 117 Å². The highest BCUT2D eigenvalue weighted by Gasteiger charge is 2.23. The molecular formula is C16H16N2O2. The summed E-state index contributed by atoms with van der Waals surface area (Å²) in [4.78, 5) is 13.8. The first-order valence-electron chi connectivity index (χ1n) is 6.62. The lowest BCUT2D eigenvalue weighted by Gasteiger charge is -2.28. The van der Waals surface area contributed by atoms with E-state index in [0.29, 0.717) is 18.8 Å². The van der Waals surface area contributed by atoms with Crippen LogP contribution in [0.15, 0.2) is 48.5 Å². The smallest absolute Gasteiger partial charge is 0.410 e. The van der Waals surface area contributed by atoms with Gasteiger partial charge in [-0.1, -0.05) is 30.3 Å². The lowest BCUT2D eigenvalue weighted by molar-refractivity contribution is 0.147. The topological polar surface area (TPSA) is 55.6 Å². The Morgan fingerprint density at radius 1 is 1.10 bits per heavy atom. The van der Waals surface area contributed by atoms with Crippen molar-refractivity contribution in [2.75, 3.05) is 12.3 Å². The highest BCUT2D eigenvalue weighted by atomic mass is 16.6. The minimum absolute atomic E-state index is 0.315. The van der Waals surface area contributed by atoms with Gasteiger partial charge >= 0.3 is 6.09 Å². The number of nitrogens with two attached hydrogens (primary N) is 1. The minimum atomic E-state index is -0.315. The number of anilines is 1. The molecule has 0 saturated heterocycles. The number of nitrogen functional groups attached to an aromatic ring is 1. The van der Waals surface area contributed by atoms with Crippen molar-refractivity contribution in [1.82, 2.24) is 4.90 Å². The summed E-state index contributed by atoms with van der Waals surface area (Å²) in [5.41, 5.74) is 9.00. The van der Waals surface area contributed by atoms with Crippen molar-refractivity contribution in [2.24, 2.45) is 0 Å². The number of amides is 1. The van der Waals surface area contributed by atoms with E-state index in [0.717, 1.165) is 23.2 Å². The van der Waals surface area contributed by atoms with Crippen LogP contribution >= 0.6 is 0 Å². The summed E-state index contributed by atoms with van der Waals surface area (Å²) < 4.78 is 5.35. The SMILES string of the molecule is Nc1cccc2c1CCN(C(=O)Oc1ccccc1)C2. The summed E-state index contributed by atoms with van der Waals surface area (Å²) in [6.07, 6.45) is 0.454. The van der Waals surface area contributed by atoms with Crippen molar-refractivity contribution in [3.63, 3.8) is 0 Å². The molecule has 4 nitrogen and oxygen atoms in total. The number of nitrogens with zero attached hydrogens (tertiary/aromatic N) is 1. The quantitative estimate of drug-likeness (QED) is 0.809. The molecule has 0 bridgehead atoms. The molecule has 20 heavy (non-hydrogen) atoms. The second kappa shape index (κ2) is 5.25. The predicted octanol–water partition coefficient (Wildman–Crippen LogP) is 2.83. The summed E-state index contributed by atoms with van der Waals surface area (Å²) in [7, 11) is 0. The Hall–Kier alpha value is -2.49. The number of carbonyl (C=O) groups excluding carboxylic acids is 1. The van der Waals surface area contributed by atoms with Crippen molar-refractivity contribution in [1.29, 1.82) is 0 Å². The summed E-state index contributed by atoms with van der Waals surface area (Å²) in [5.74, 6) is 0.566. The summed E-state index contributed by atoms with van der Waals surface area (Å²) >= 11 is 0. The fraction of sp³-hybridized carbons (Fsp3) is 0.188. The van der Waals surface area contributed by atoms with Crippen molar-refractivity contribution in [2.45, 2.75) is 13.0 Å². The number of para-hydroxylation sites is 1. The van der Waals surface area contributed by atoms with E-state index < -0.39 is 0 Å². The van der Waals surface area contributed by atoms with Gasteiger partial charge in [-0.25, -0.2) is 4.79 Å². The molecule has 2 N–H and O–H groups in total. The first kappa shape index (κ1) is 12.5. The molecule has 1 amide bonds. The van der Waals surface area contributed by atoms with Gasteiger partial charge in [0, 0.05) is 18.8 Å². The lowest BCUT2D eigenvalue weighted by Crippen LogP contribution is -2.38. The molecule has 102 valence electrons. The Kier molecular flexibility index (Phi) is 3.29. The van der Waals surface area contributed by atoms with E-state index in [-0.39, 0.29) is 6.09 Å². The van der Waals surface area contributed by atoms with E-state index in [4.69, 9.17) is 10.5 Å². The molecule has 4 heteroatoms.